The van der Waals surface area contributed by atoms with E-state index in [9.17, 15) is 4.79 Å². The second-order valence-corrected chi connectivity index (χ2v) is 8.93. The molecule has 3 nitrogen and oxygen atoms in total. The van der Waals surface area contributed by atoms with Gasteiger partial charge in [0.25, 0.3) is 5.91 Å². The molecular weight excluding hydrogens is 427 g/mol. The molecule has 160 valence electrons. The zero-order valence-electron chi connectivity index (χ0n) is 17.6. The van der Waals surface area contributed by atoms with Crippen LogP contribution < -0.4 is 5.32 Å². The molecule has 0 bridgehead atoms. The number of benzene rings is 3. The van der Waals surface area contributed by atoms with Crippen LogP contribution in [0.1, 0.15) is 45.8 Å². The molecule has 3 aromatic carbocycles. The smallest absolute Gasteiger partial charge is 0.256 e. The first kappa shape index (κ1) is 21.7. The lowest BCUT2D eigenvalue weighted by molar-refractivity contribution is 0.0746. The van der Waals surface area contributed by atoms with E-state index in [1.807, 2.05) is 42.3 Å². The van der Waals surface area contributed by atoms with Crippen LogP contribution in [0.25, 0.3) is 0 Å². The lowest BCUT2D eigenvalue weighted by atomic mass is 10.1. The number of halogens is 2. The molecule has 1 N–H and O–H groups in total. The Morgan fingerprint density at radius 3 is 2.23 bits per heavy atom. The highest BCUT2D eigenvalue weighted by Gasteiger charge is 2.24. The van der Waals surface area contributed by atoms with Crippen molar-refractivity contribution in [3.05, 3.63) is 99.0 Å². The van der Waals surface area contributed by atoms with E-state index in [1.165, 1.54) is 18.4 Å². The van der Waals surface area contributed by atoms with Crippen LogP contribution >= 0.6 is 23.2 Å². The number of carbonyl (C=O) groups is 1. The van der Waals surface area contributed by atoms with E-state index in [-0.39, 0.29) is 5.91 Å². The number of nitrogens with one attached hydrogen (secondary N) is 1. The molecule has 0 saturated heterocycles. The highest BCUT2D eigenvalue weighted by atomic mass is 35.5. The van der Waals surface area contributed by atoms with E-state index in [0.29, 0.717) is 28.7 Å². The maximum atomic E-state index is 13.5. The van der Waals surface area contributed by atoms with Crippen molar-refractivity contribution < 1.29 is 4.79 Å². The van der Waals surface area contributed by atoms with Crippen molar-refractivity contribution in [2.75, 3.05) is 18.9 Å². The van der Waals surface area contributed by atoms with Gasteiger partial charge in [0.05, 0.1) is 5.56 Å². The molecule has 1 aliphatic rings. The fourth-order valence-electron chi connectivity index (χ4n) is 3.78. The molecule has 1 aliphatic carbocycles. The van der Waals surface area contributed by atoms with Crippen molar-refractivity contribution in [1.82, 2.24) is 4.90 Å². The normalized spacial score (nSPS) is 13.1. The van der Waals surface area contributed by atoms with E-state index >= 15 is 0 Å². The quantitative estimate of drug-likeness (QED) is 0.407. The van der Waals surface area contributed by atoms with Gasteiger partial charge in [0.15, 0.2) is 0 Å². The Bertz CT molecular complexity index is 1040. The summed E-state index contributed by atoms with van der Waals surface area (Å²) in [6.45, 7) is 1.15. The predicted octanol–water partition coefficient (Wildman–Crippen LogP) is 6.80. The summed E-state index contributed by atoms with van der Waals surface area (Å²) in [7, 11) is 1.81. The fraction of sp³-hybridized carbons (Fsp3) is 0.269. The van der Waals surface area contributed by atoms with Crippen molar-refractivity contribution in [1.29, 1.82) is 0 Å². The Labute approximate surface area is 194 Å². The summed E-state index contributed by atoms with van der Waals surface area (Å²) in [6.07, 6.45) is 3.32. The van der Waals surface area contributed by atoms with Crippen molar-refractivity contribution in [2.24, 2.45) is 0 Å². The van der Waals surface area contributed by atoms with E-state index in [4.69, 9.17) is 23.2 Å². The monoisotopic (exact) mass is 452 g/mol. The minimum atomic E-state index is -0.0351. The minimum Gasteiger partial charge on any atom is -0.387 e. The molecule has 31 heavy (non-hydrogen) atoms. The lowest BCUT2D eigenvalue weighted by Crippen LogP contribution is -2.33. The van der Waals surface area contributed by atoms with Crippen LogP contribution in [0.15, 0.2) is 66.7 Å². The summed E-state index contributed by atoms with van der Waals surface area (Å²) in [4.78, 5) is 15.4. The molecule has 0 unspecified atom stereocenters. The molecule has 1 saturated carbocycles. The minimum absolute atomic E-state index is 0.0351. The standard InChI is InChI=1S/C26H26Cl2N2O/c1-29-25-13-12-23(28)16-24(25)26(31)30(15-14-18-4-10-22(27)11-5-18)17-19-2-6-20(7-3-19)21-8-9-21/h2-7,10-13,16,21,29H,8-9,14-15,17H2,1H3. The zero-order valence-corrected chi connectivity index (χ0v) is 19.1. The zero-order chi connectivity index (χ0) is 21.8. The van der Waals surface area contributed by atoms with Crippen LogP contribution in [0, 0.1) is 0 Å². The third-order valence-electron chi connectivity index (χ3n) is 5.75. The molecule has 4 rings (SSSR count). The van der Waals surface area contributed by atoms with Gasteiger partial charge in [-0.1, -0.05) is 59.6 Å². The second-order valence-electron chi connectivity index (χ2n) is 8.06. The summed E-state index contributed by atoms with van der Waals surface area (Å²) < 4.78 is 0. The van der Waals surface area contributed by atoms with Gasteiger partial charge in [-0.25, -0.2) is 0 Å². The van der Waals surface area contributed by atoms with Crippen LogP contribution in [0.5, 0.6) is 0 Å². The number of carbonyl (C=O) groups excluding carboxylic acids is 1. The van der Waals surface area contributed by atoms with Gasteiger partial charge in [0.1, 0.15) is 0 Å². The lowest BCUT2D eigenvalue weighted by Gasteiger charge is -2.24. The molecule has 0 atom stereocenters. The van der Waals surface area contributed by atoms with E-state index in [1.54, 1.807) is 12.1 Å². The van der Waals surface area contributed by atoms with Crippen molar-refractivity contribution in [3.8, 4) is 0 Å². The molecule has 0 aliphatic heterocycles. The molecule has 0 spiro atoms. The fourth-order valence-corrected chi connectivity index (χ4v) is 4.08. The topological polar surface area (TPSA) is 32.3 Å². The van der Waals surface area contributed by atoms with Crippen LogP contribution in [0.4, 0.5) is 5.69 Å². The van der Waals surface area contributed by atoms with Gasteiger partial charge in [0.2, 0.25) is 0 Å². The van der Waals surface area contributed by atoms with Crippen molar-refractivity contribution >= 4 is 34.8 Å². The summed E-state index contributed by atoms with van der Waals surface area (Å²) in [5, 5.41) is 4.37. The molecular formula is C26H26Cl2N2O. The van der Waals surface area contributed by atoms with Gasteiger partial charge < -0.3 is 10.2 Å². The maximum Gasteiger partial charge on any atom is 0.256 e. The first-order chi connectivity index (χ1) is 15.0. The van der Waals surface area contributed by atoms with Gasteiger partial charge in [-0.3, -0.25) is 4.79 Å². The van der Waals surface area contributed by atoms with E-state index in [0.717, 1.165) is 29.2 Å². The van der Waals surface area contributed by atoms with Crippen LogP contribution in [-0.4, -0.2) is 24.4 Å². The van der Waals surface area contributed by atoms with Gasteiger partial charge in [-0.05, 0) is 72.2 Å². The number of rotatable bonds is 8. The second kappa shape index (κ2) is 9.76. The third-order valence-corrected chi connectivity index (χ3v) is 6.24. The molecule has 0 radical (unpaired) electrons. The Morgan fingerprint density at radius 1 is 0.935 bits per heavy atom. The average Bonchev–Trinajstić information content (AvgIpc) is 3.63. The van der Waals surface area contributed by atoms with Crippen LogP contribution in [0.3, 0.4) is 0 Å². The van der Waals surface area contributed by atoms with Gasteiger partial charge in [0, 0.05) is 35.9 Å². The number of hydrogen-bond donors (Lipinski definition) is 1. The first-order valence-electron chi connectivity index (χ1n) is 10.6. The SMILES string of the molecule is CNc1ccc(Cl)cc1C(=O)N(CCc1ccc(Cl)cc1)Cc1ccc(C2CC2)cc1. The highest BCUT2D eigenvalue weighted by molar-refractivity contribution is 6.31. The van der Waals surface area contributed by atoms with Gasteiger partial charge in [-0.15, -0.1) is 0 Å². The number of amides is 1. The maximum absolute atomic E-state index is 13.5. The number of anilines is 1. The Hall–Kier alpha value is -2.49. The molecule has 1 fully saturated rings. The average molecular weight is 453 g/mol. The van der Waals surface area contributed by atoms with Gasteiger partial charge >= 0.3 is 0 Å². The Balaban J connectivity index is 1.56. The third kappa shape index (κ3) is 5.61. The van der Waals surface area contributed by atoms with Crippen LogP contribution in [0.2, 0.25) is 10.0 Å². The first-order valence-corrected chi connectivity index (χ1v) is 11.4. The van der Waals surface area contributed by atoms with E-state index in [2.05, 4.69) is 29.6 Å². The molecule has 1 amide bonds. The molecule has 3 aromatic rings. The Kier molecular flexibility index (Phi) is 6.84. The summed E-state index contributed by atoms with van der Waals surface area (Å²) in [5.41, 5.74) is 5.03. The predicted molar refractivity (Wildman–Crippen MR) is 129 cm³/mol. The largest absolute Gasteiger partial charge is 0.387 e. The van der Waals surface area contributed by atoms with Crippen molar-refractivity contribution in [3.63, 3.8) is 0 Å². The highest BCUT2D eigenvalue weighted by Crippen LogP contribution is 2.40. The number of hydrogen-bond acceptors (Lipinski definition) is 2. The van der Waals surface area contributed by atoms with Gasteiger partial charge in [-0.2, -0.15) is 0 Å². The summed E-state index contributed by atoms with van der Waals surface area (Å²) in [5.74, 6) is 0.688. The van der Waals surface area contributed by atoms with E-state index < -0.39 is 0 Å². The Morgan fingerprint density at radius 2 is 1.58 bits per heavy atom. The molecule has 0 heterocycles. The number of nitrogens with zero attached hydrogens (tertiary/aromatic N) is 1. The van der Waals surface area contributed by atoms with Crippen molar-refractivity contribution in [2.45, 2.75) is 31.7 Å². The molecule has 0 aromatic heterocycles. The summed E-state index contributed by atoms with van der Waals surface area (Å²) >= 11 is 12.2. The summed E-state index contributed by atoms with van der Waals surface area (Å²) in [6, 6.07) is 21.9. The molecule has 5 heteroatoms. The van der Waals surface area contributed by atoms with Crippen LogP contribution in [-0.2, 0) is 13.0 Å².